The number of rotatable bonds is 6. The smallest absolute Gasteiger partial charge is 0.0893 e. The predicted octanol–water partition coefficient (Wildman–Crippen LogP) is 2.32. The van der Waals surface area contributed by atoms with Gasteiger partial charge in [-0.05, 0) is 42.4 Å². The molecule has 0 unspecified atom stereocenters. The summed E-state index contributed by atoms with van der Waals surface area (Å²) in [6.07, 6.45) is 2.35. The summed E-state index contributed by atoms with van der Waals surface area (Å²) in [5, 5.41) is 11.4. The lowest BCUT2D eigenvalue weighted by Crippen LogP contribution is -2.15. The van der Waals surface area contributed by atoms with Crippen molar-refractivity contribution in [2.24, 2.45) is 0 Å². The fourth-order valence-electron chi connectivity index (χ4n) is 1.32. The summed E-state index contributed by atoms with van der Waals surface area (Å²) < 4.78 is 3.82. The van der Waals surface area contributed by atoms with E-state index in [9.17, 15) is 0 Å². The van der Waals surface area contributed by atoms with Crippen molar-refractivity contribution < 1.29 is 0 Å². The largest absolute Gasteiger partial charge is 0.311 e. The second-order valence-corrected chi connectivity index (χ2v) is 4.90. The molecule has 2 rings (SSSR count). The van der Waals surface area contributed by atoms with E-state index in [4.69, 9.17) is 0 Å². The molecule has 0 aromatic carbocycles. The average molecular weight is 239 g/mol. The Morgan fingerprint density at radius 2 is 2.40 bits per heavy atom. The van der Waals surface area contributed by atoms with Gasteiger partial charge >= 0.3 is 0 Å². The third-order valence-electron chi connectivity index (χ3n) is 2.07. The van der Waals surface area contributed by atoms with Crippen LogP contribution >= 0.6 is 22.9 Å². The zero-order valence-corrected chi connectivity index (χ0v) is 9.98. The van der Waals surface area contributed by atoms with Crippen molar-refractivity contribution in [3.63, 3.8) is 0 Å². The fourth-order valence-corrected chi connectivity index (χ4v) is 2.52. The van der Waals surface area contributed by atoms with Gasteiger partial charge in [0.05, 0.1) is 5.69 Å². The van der Waals surface area contributed by atoms with E-state index in [0.29, 0.717) is 0 Å². The molecule has 0 fully saturated rings. The van der Waals surface area contributed by atoms with Crippen molar-refractivity contribution in [3.8, 4) is 0 Å². The number of thiophene rings is 1. The summed E-state index contributed by atoms with van der Waals surface area (Å²) in [5.74, 6) is 0. The fraction of sp³-hybridized carbons (Fsp3) is 0.400. The third-order valence-corrected chi connectivity index (χ3v) is 3.56. The highest BCUT2D eigenvalue weighted by molar-refractivity contribution is 7.09. The summed E-state index contributed by atoms with van der Waals surface area (Å²) in [6, 6.07) is 4.30. The topological polar surface area (TPSA) is 37.8 Å². The number of nitrogens with zero attached hydrogens (tertiary/aromatic N) is 2. The van der Waals surface area contributed by atoms with Gasteiger partial charge in [0.1, 0.15) is 0 Å². The van der Waals surface area contributed by atoms with E-state index in [2.05, 4.69) is 32.4 Å². The van der Waals surface area contributed by atoms with Crippen LogP contribution in [0.15, 0.2) is 22.9 Å². The Kier molecular flexibility index (Phi) is 4.25. The van der Waals surface area contributed by atoms with Crippen LogP contribution in [0.2, 0.25) is 0 Å². The lowest BCUT2D eigenvalue weighted by atomic mass is 10.2. The minimum absolute atomic E-state index is 0.834. The Morgan fingerprint density at radius 3 is 3.13 bits per heavy atom. The number of hydrogen-bond donors (Lipinski definition) is 1. The Hall–Kier alpha value is -0.780. The molecule has 0 radical (unpaired) electrons. The maximum atomic E-state index is 3.97. The zero-order valence-electron chi connectivity index (χ0n) is 8.35. The van der Waals surface area contributed by atoms with Gasteiger partial charge in [0, 0.05) is 16.8 Å². The van der Waals surface area contributed by atoms with Gasteiger partial charge in [0.25, 0.3) is 0 Å². The Bertz CT molecular complexity index is 320. The first kappa shape index (κ1) is 10.7. The molecule has 0 aliphatic carbocycles. The van der Waals surface area contributed by atoms with E-state index in [0.717, 1.165) is 18.8 Å². The van der Waals surface area contributed by atoms with Gasteiger partial charge in [0.2, 0.25) is 0 Å². The standard InChI is InChI=1S/C10H13N3S2/c1(3-10-4-2-6-14-10)5-11-7-9-8-15-13-12-9/h2,4,6,8,11H,1,3,5,7H2. The highest BCUT2D eigenvalue weighted by Crippen LogP contribution is 2.10. The Balaban J connectivity index is 1.56. The van der Waals surface area contributed by atoms with E-state index >= 15 is 0 Å². The summed E-state index contributed by atoms with van der Waals surface area (Å²) in [4.78, 5) is 1.46. The summed E-state index contributed by atoms with van der Waals surface area (Å²) in [6.45, 7) is 1.87. The molecule has 15 heavy (non-hydrogen) atoms. The van der Waals surface area contributed by atoms with Gasteiger partial charge in [-0.3, -0.25) is 0 Å². The minimum Gasteiger partial charge on any atom is -0.311 e. The van der Waals surface area contributed by atoms with Crippen LogP contribution in [0.3, 0.4) is 0 Å². The van der Waals surface area contributed by atoms with Crippen LogP contribution in [0.4, 0.5) is 0 Å². The molecule has 1 N–H and O–H groups in total. The van der Waals surface area contributed by atoms with Crippen molar-refractivity contribution in [1.82, 2.24) is 14.9 Å². The first-order chi connectivity index (χ1) is 7.45. The van der Waals surface area contributed by atoms with Gasteiger partial charge in [-0.25, -0.2) is 0 Å². The van der Waals surface area contributed by atoms with Gasteiger partial charge in [-0.1, -0.05) is 10.6 Å². The molecule has 3 nitrogen and oxygen atoms in total. The molecule has 0 spiro atoms. The van der Waals surface area contributed by atoms with Crippen LogP contribution in [0, 0.1) is 0 Å². The van der Waals surface area contributed by atoms with E-state index in [1.54, 1.807) is 0 Å². The average Bonchev–Trinajstić information content (AvgIpc) is 2.88. The van der Waals surface area contributed by atoms with Crippen molar-refractivity contribution in [2.45, 2.75) is 19.4 Å². The van der Waals surface area contributed by atoms with Gasteiger partial charge in [0.15, 0.2) is 0 Å². The molecular formula is C10H13N3S2. The molecule has 2 aromatic heterocycles. The summed E-state index contributed by atoms with van der Waals surface area (Å²) in [7, 11) is 0. The number of aromatic nitrogens is 2. The summed E-state index contributed by atoms with van der Waals surface area (Å²) in [5.41, 5.74) is 1.04. The molecule has 0 amide bonds. The lowest BCUT2D eigenvalue weighted by Gasteiger charge is -2.00. The van der Waals surface area contributed by atoms with Crippen LogP contribution in [-0.4, -0.2) is 16.1 Å². The van der Waals surface area contributed by atoms with Crippen LogP contribution in [0.5, 0.6) is 0 Å². The monoisotopic (exact) mass is 239 g/mol. The van der Waals surface area contributed by atoms with E-state index < -0.39 is 0 Å². The first-order valence-electron chi connectivity index (χ1n) is 4.94. The molecule has 2 heterocycles. The van der Waals surface area contributed by atoms with Crippen LogP contribution in [0.25, 0.3) is 0 Å². The maximum Gasteiger partial charge on any atom is 0.0893 e. The van der Waals surface area contributed by atoms with Crippen LogP contribution in [0.1, 0.15) is 17.0 Å². The molecule has 5 heteroatoms. The second kappa shape index (κ2) is 5.95. The molecule has 0 aliphatic heterocycles. The molecule has 0 atom stereocenters. The quantitative estimate of drug-likeness (QED) is 0.786. The normalized spacial score (nSPS) is 10.7. The van der Waals surface area contributed by atoms with Gasteiger partial charge < -0.3 is 5.32 Å². The molecule has 2 aromatic rings. The number of aryl methyl sites for hydroxylation is 1. The van der Waals surface area contributed by atoms with Crippen molar-refractivity contribution in [3.05, 3.63) is 33.5 Å². The van der Waals surface area contributed by atoms with E-state index in [1.807, 2.05) is 16.7 Å². The van der Waals surface area contributed by atoms with Crippen molar-refractivity contribution in [2.75, 3.05) is 6.54 Å². The highest BCUT2D eigenvalue weighted by atomic mass is 32.1. The number of nitrogens with one attached hydrogen (secondary N) is 1. The first-order valence-corrected chi connectivity index (χ1v) is 6.66. The third kappa shape index (κ3) is 3.70. The molecular weight excluding hydrogens is 226 g/mol. The van der Waals surface area contributed by atoms with E-state index in [1.165, 1.54) is 29.3 Å². The zero-order chi connectivity index (χ0) is 10.3. The van der Waals surface area contributed by atoms with E-state index in [-0.39, 0.29) is 0 Å². The Morgan fingerprint density at radius 1 is 1.40 bits per heavy atom. The Labute approximate surface area is 97.3 Å². The van der Waals surface area contributed by atoms with Crippen LogP contribution in [-0.2, 0) is 13.0 Å². The molecule has 0 bridgehead atoms. The lowest BCUT2D eigenvalue weighted by molar-refractivity contribution is 0.641. The van der Waals surface area contributed by atoms with Crippen LogP contribution < -0.4 is 5.32 Å². The van der Waals surface area contributed by atoms with Crippen molar-refractivity contribution in [1.29, 1.82) is 0 Å². The second-order valence-electron chi connectivity index (χ2n) is 3.26. The van der Waals surface area contributed by atoms with Gasteiger partial charge in [-0.2, -0.15) is 0 Å². The molecule has 0 aliphatic rings. The minimum atomic E-state index is 0.834. The maximum absolute atomic E-state index is 3.97. The summed E-state index contributed by atoms with van der Waals surface area (Å²) >= 11 is 3.23. The molecule has 80 valence electrons. The SMILES string of the molecule is c1csc(CCCNCc2csnn2)c1. The predicted molar refractivity (Wildman–Crippen MR) is 64.3 cm³/mol. The van der Waals surface area contributed by atoms with Gasteiger partial charge in [-0.15, -0.1) is 16.4 Å². The number of hydrogen-bond acceptors (Lipinski definition) is 5. The molecule has 0 saturated heterocycles. The van der Waals surface area contributed by atoms with Crippen molar-refractivity contribution >= 4 is 22.9 Å². The molecule has 0 saturated carbocycles. The highest BCUT2D eigenvalue weighted by Gasteiger charge is 1.96.